The zero-order valence-electron chi connectivity index (χ0n) is 38.3. The largest absolute Gasteiger partial charge is 0.465 e. The van der Waals surface area contributed by atoms with Crippen LogP contribution in [0.15, 0.2) is 147 Å². The molecule has 2 aliphatic rings. The molecule has 342 valence electrons. The molecule has 0 N–H and O–H groups in total. The molecule has 4 aromatic rings. The monoisotopic (exact) mass is 881 g/mol. The van der Waals surface area contributed by atoms with Gasteiger partial charge in [0, 0.05) is 25.4 Å². The van der Waals surface area contributed by atoms with Gasteiger partial charge >= 0.3 is 17.9 Å². The lowest BCUT2D eigenvalue weighted by Gasteiger charge is -2.36. The highest BCUT2D eigenvalue weighted by Gasteiger charge is 2.35. The Morgan fingerprint density at radius 2 is 1.14 bits per heavy atom. The van der Waals surface area contributed by atoms with Gasteiger partial charge in [0.1, 0.15) is 5.75 Å². The van der Waals surface area contributed by atoms with Crippen molar-refractivity contribution < 1.29 is 28.6 Å². The molecule has 2 aliphatic carbocycles. The summed E-state index contributed by atoms with van der Waals surface area (Å²) in [6, 6.07) is 28.6. The number of unbranched alkanes of at least 4 members (excludes halogenated alkanes) is 1. The van der Waals surface area contributed by atoms with E-state index in [1.807, 2.05) is 111 Å². The zero-order chi connectivity index (χ0) is 46.4. The summed E-state index contributed by atoms with van der Waals surface area (Å²) >= 11 is 0. The quantitative estimate of drug-likeness (QED) is 0.0316. The van der Waals surface area contributed by atoms with Gasteiger partial charge in [0.25, 0.3) is 0 Å². The minimum absolute atomic E-state index is 0.00401. The lowest BCUT2D eigenvalue weighted by Crippen LogP contribution is -2.31. The van der Waals surface area contributed by atoms with Gasteiger partial charge < -0.3 is 19.1 Å². The fourth-order valence-electron chi connectivity index (χ4n) is 8.06. The average molecular weight is 882 g/mol. The van der Waals surface area contributed by atoms with E-state index in [1.165, 1.54) is 0 Å². The van der Waals surface area contributed by atoms with Crippen LogP contribution in [0.3, 0.4) is 0 Å². The highest BCUT2D eigenvalue weighted by atomic mass is 16.5. The molecule has 4 aromatic carbocycles. The number of anilines is 1. The number of carbonyl (C=O) groups excluding carboxylic acids is 3. The first-order chi connectivity index (χ1) is 31.6. The maximum absolute atomic E-state index is 12.5. The Hall–Kier alpha value is -6.63. The summed E-state index contributed by atoms with van der Waals surface area (Å²) < 4.78 is 15.9. The van der Waals surface area contributed by atoms with E-state index >= 15 is 0 Å². The molecule has 0 bridgehead atoms. The number of esters is 3. The summed E-state index contributed by atoms with van der Waals surface area (Å²) in [5.74, 6) is 1.26. The Morgan fingerprint density at radius 1 is 0.631 bits per heavy atom. The van der Waals surface area contributed by atoms with Crippen molar-refractivity contribution in [1.82, 2.24) is 0 Å². The third-order valence-electron chi connectivity index (χ3n) is 11.9. The van der Waals surface area contributed by atoms with Gasteiger partial charge in [-0.25, -0.2) is 4.79 Å². The summed E-state index contributed by atoms with van der Waals surface area (Å²) in [5.41, 5.74) is 7.05. The molecule has 2 saturated carbocycles. The Morgan fingerprint density at radius 3 is 1.68 bits per heavy atom. The maximum Gasteiger partial charge on any atom is 0.330 e. The van der Waals surface area contributed by atoms with Crippen molar-refractivity contribution in [3.8, 4) is 5.75 Å². The second kappa shape index (κ2) is 26.2. The van der Waals surface area contributed by atoms with Crippen molar-refractivity contribution in [3.05, 3.63) is 128 Å². The molecule has 0 radical (unpaired) electrons. The minimum atomic E-state index is -0.426. The topological polar surface area (TPSA) is 156 Å². The van der Waals surface area contributed by atoms with E-state index in [2.05, 4.69) is 55.7 Å². The van der Waals surface area contributed by atoms with E-state index in [1.54, 1.807) is 7.05 Å². The van der Waals surface area contributed by atoms with E-state index in [4.69, 9.17) is 14.2 Å². The molecule has 0 heterocycles. The van der Waals surface area contributed by atoms with Gasteiger partial charge in [-0.15, -0.1) is 0 Å². The van der Waals surface area contributed by atoms with Gasteiger partial charge in [-0.2, -0.15) is 30.7 Å². The lowest BCUT2D eigenvalue weighted by atomic mass is 9.69. The lowest BCUT2D eigenvalue weighted by molar-refractivity contribution is -0.151. The zero-order valence-corrected chi connectivity index (χ0v) is 38.3. The van der Waals surface area contributed by atoms with Gasteiger partial charge in [0.15, 0.2) is 0 Å². The number of ether oxygens (including phenoxy) is 3. The Labute approximate surface area is 383 Å². The summed E-state index contributed by atoms with van der Waals surface area (Å²) in [4.78, 5) is 38.0. The van der Waals surface area contributed by atoms with E-state index in [0.29, 0.717) is 43.6 Å². The number of hydrogen-bond acceptors (Lipinski definition) is 13. The fourth-order valence-corrected chi connectivity index (χ4v) is 8.06. The summed E-state index contributed by atoms with van der Waals surface area (Å²) in [6.07, 6.45) is 12.1. The molecule has 0 aliphatic heterocycles. The Kier molecular flexibility index (Phi) is 19.9. The number of benzene rings is 4. The molecule has 0 amide bonds. The highest BCUT2D eigenvalue weighted by molar-refractivity contribution is 5.81. The summed E-state index contributed by atoms with van der Waals surface area (Å²) in [5, 5.41) is 25.0. The molecule has 13 heteroatoms. The number of carbonyl (C=O) groups is 3. The second-order valence-corrected chi connectivity index (χ2v) is 16.4. The van der Waals surface area contributed by atoms with Crippen molar-refractivity contribution >= 4 is 52.0 Å². The first kappa shape index (κ1) is 49.4. The van der Waals surface area contributed by atoms with E-state index < -0.39 is 5.97 Å². The smallest absolute Gasteiger partial charge is 0.330 e. The molecule has 0 spiro atoms. The van der Waals surface area contributed by atoms with Crippen LogP contribution >= 0.6 is 0 Å². The van der Waals surface area contributed by atoms with E-state index in [0.717, 1.165) is 109 Å². The van der Waals surface area contributed by atoms with Crippen LogP contribution < -0.4 is 9.64 Å². The Bertz CT molecular complexity index is 2240. The van der Waals surface area contributed by atoms with Crippen molar-refractivity contribution in [2.45, 2.75) is 85.0 Å². The summed E-state index contributed by atoms with van der Waals surface area (Å²) in [6.45, 7) is 14.8. The second-order valence-electron chi connectivity index (χ2n) is 16.4. The molecular formula is C52H63N7O6. The minimum Gasteiger partial charge on any atom is -0.465 e. The van der Waals surface area contributed by atoms with Crippen LogP contribution in [0, 0.1) is 37.5 Å². The number of hydrogen-bond donors (Lipinski definition) is 0. The van der Waals surface area contributed by atoms with Crippen LogP contribution in [0.25, 0.3) is 0 Å². The third-order valence-corrected chi connectivity index (χ3v) is 11.9. The van der Waals surface area contributed by atoms with Gasteiger partial charge in [-0.1, -0.05) is 30.9 Å². The van der Waals surface area contributed by atoms with Crippen molar-refractivity contribution in [2.24, 2.45) is 54.4 Å². The van der Waals surface area contributed by atoms with Crippen molar-refractivity contribution in [3.63, 3.8) is 0 Å². The van der Waals surface area contributed by atoms with E-state index in [-0.39, 0.29) is 23.8 Å². The van der Waals surface area contributed by atoms with Crippen molar-refractivity contribution in [2.75, 3.05) is 31.7 Å². The normalized spacial score (nSPS) is 18.4. The molecule has 0 atom stereocenters. The first-order valence-corrected chi connectivity index (χ1v) is 22.7. The maximum atomic E-state index is 12.5. The van der Waals surface area contributed by atoms with Gasteiger partial charge in [-0.05, 0) is 187 Å². The van der Waals surface area contributed by atoms with Gasteiger partial charge in [0.05, 0.1) is 53.5 Å². The molecule has 2 fully saturated rings. The van der Waals surface area contributed by atoms with Gasteiger partial charge in [-0.3, -0.25) is 9.59 Å². The Balaban J connectivity index is 0.000000245. The number of nitrogens with zero attached hydrogens (tertiary/aromatic N) is 7. The van der Waals surface area contributed by atoms with Crippen LogP contribution in [-0.4, -0.2) is 44.7 Å². The van der Waals surface area contributed by atoms with Crippen LogP contribution in [0.5, 0.6) is 5.75 Å². The molecule has 0 aromatic heterocycles. The molecular weight excluding hydrogens is 819 g/mol. The molecule has 0 saturated heterocycles. The third kappa shape index (κ3) is 16.1. The standard InChI is InChI=1S/C28H38O6.C24H25N7/c1-3-26(29)32-18-4-5-19-33-27(30)23-12-8-21(9-13-23)22-10-14-24(15-11-22)28(31)34-25-16-6-20(2)7-17-25;1-5-31(6-2)23-14-11-21(12-15-23)27-29-22-13-16-24(18(3)17-22)30-28-20-9-7-19(8-10-20)26-25-4/h3,6-7,16-17,21-24H,1,4-5,8-15,18-19H2,2H3;5,7-17H,1,6H2,2-4H3. The van der Waals surface area contributed by atoms with Crippen LogP contribution in [-0.2, 0) is 23.9 Å². The number of aryl methyl sites for hydroxylation is 2. The van der Waals surface area contributed by atoms with Crippen molar-refractivity contribution in [1.29, 1.82) is 0 Å². The van der Waals surface area contributed by atoms with Crippen LogP contribution in [0.2, 0.25) is 0 Å². The number of azo groups is 3. The molecule has 65 heavy (non-hydrogen) atoms. The fraction of sp³-hybridized carbons (Fsp3) is 0.404. The molecule has 0 unspecified atom stereocenters. The van der Waals surface area contributed by atoms with Crippen LogP contribution in [0.1, 0.15) is 82.3 Å². The molecule has 6 rings (SSSR count). The summed E-state index contributed by atoms with van der Waals surface area (Å²) in [7, 11) is 1.64. The van der Waals surface area contributed by atoms with Gasteiger partial charge in [0.2, 0.25) is 0 Å². The SMILES string of the molecule is C=CC(=O)OCCCCOC(=O)C1CCC(C2CCC(C(=O)Oc3ccc(C)cc3)CC2)CC1.C=CN(CC)c1ccc(N=Nc2ccc(N=Nc3ccc(N=NC)cc3)c(C)c2)cc1. The van der Waals surface area contributed by atoms with E-state index in [9.17, 15) is 14.4 Å². The number of rotatable bonds is 18. The average Bonchev–Trinajstić information content (AvgIpc) is 3.34. The predicted octanol–water partition coefficient (Wildman–Crippen LogP) is 14.1. The molecule has 13 nitrogen and oxygen atoms in total. The highest BCUT2D eigenvalue weighted by Crippen LogP contribution is 2.42. The van der Waals surface area contributed by atoms with Crippen LogP contribution in [0.4, 0.5) is 34.1 Å². The first-order valence-electron chi connectivity index (χ1n) is 22.7. The predicted molar refractivity (Wildman–Crippen MR) is 255 cm³/mol.